The Kier molecular flexibility index (Phi) is 1.64. The highest BCUT2D eigenvalue weighted by Crippen LogP contribution is 2.79. The number of hydrogen-bond donors (Lipinski definition) is 0. The van der Waals surface area contributed by atoms with Gasteiger partial charge in [-0.05, 0) is 24.3 Å². The molecule has 0 radical (unpaired) electrons. The highest BCUT2D eigenvalue weighted by Gasteiger charge is 2.72. The number of fused-ring (bicyclic) bond motifs is 4. The second kappa shape index (κ2) is 3.14. The number of para-hydroxylation sites is 4. The molecule has 3 heterocycles. The molecule has 1 spiro atoms. The Morgan fingerprint density at radius 2 is 1.21 bits per heavy atom. The molecule has 3 aliphatic heterocycles. The molecule has 1 saturated heterocycles. The monoisotopic (exact) mass is 271 g/mol. The fourth-order valence-corrected chi connectivity index (χ4v) is 6.13. The van der Waals surface area contributed by atoms with E-state index < -0.39 is 8.02 Å². The summed E-state index contributed by atoms with van der Waals surface area (Å²) in [5, 5.41) is 0. The van der Waals surface area contributed by atoms with Crippen molar-refractivity contribution < 1.29 is 9.05 Å². The molecular formula is C14H12N2O2P+. The summed E-state index contributed by atoms with van der Waals surface area (Å²) in [7, 11) is -2.17. The lowest BCUT2D eigenvalue weighted by molar-refractivity contribution is 0.491. The van der Waals surface area contributed by atoms with Gasteiger partial charge in [0.15, 0.2) is 0 Å². The molecule has 5 rings (SSSR count). The van der Waals surface area contributed by atoms with Crippen molar-refractivity contribution in [2.45, 2.75) is 0 Å². The van der Waals surface area contributed by atoms with Crippen LogP contribution in [0.5, 0.6) is 11.5 Å². The summed E-state index contributed by atoms with van der Waals surface area (Å²) in [6, 6.07) is 16.4. The van der Waals surface area contributed by atoms with E-state index in [2.05, 4.69) is 33.6 Å². The van der Waals surface area contributed by atoms with E-state index in [1.165, 1.54) is 0 Å². The zero-order valence-corrected chi connectivity index (χ0v) is 11.1. The Hall–Kier alpha value is -1.93. The number of anilines is 2. The van der Waals surface area contributed by atoms with E-state index in [1.54, 1.807) is 0 Å². The van der Waals surface area contributed by atoms with Crippen molar-refractivity contribution in [3.8, 4) is 11.5 Å². The van der Waals surface area contributed by atoms with Crippen LogP contribution in [0.15, 0.2) is 48.5 Å². The second-order valence-corrected chi connectivity index (χ2v) is 7.17. The van der Waals surface area contributed by atoms with Gasteiger partial charge >= 0.3 is 8.02 Å². The molecule has 0 aromatic heterocycles. The number of nitrogens with zero attached hydrogens (tertiary/aromatic N) is 2. The van der Waals surface area contributed by atoms with Gasteiger partial charge in [0.05, 0.1) is 13.1 Å². The summed E-state index contributed by atoms with van der Waals surface area (Å²) in [5.74, 6) is 1.88. The van der Waals surface area contributed by atoms with E-state index >= 15 is 0 Å². The van der Waals surface area contributed by atoms with Gasteiger partial charge < -0.3 is 0 Å². The van der Waals surface area contributed by atoms with Gasteiger partial charge in [-0.2, -0.15) is 9.34 Å². The Morgan fingerprint density at radius 3 is 1.74 bits per heavy atom. The third-order valence-corrected chi connectivity index (χ3v) is 6.78. The van der Waals surface area contributed by atoms with Gasteiger partial charge in [-0.3, -0.25) is 9.05 Å². The minimum absolute atomic E-state index is 0.938. The molecule has 0 amide bonds. The summed E-state index contributed by atoms with van der Waals surface area (Å²) in [5.41, 5.74) is 2.32. The van der Waals surface area contributed by atoms with E-state index in [1.807, 2.05) is 24.3 Å². The van der Waals surface area contributed by atoms with Crippen molar-refractivity contribution in [3.63, 3.8) is 0 Å². The normalized spacial score (nSPS) is 20.2. The Labute approximate surface area is 111 Å². The quantitative estimate of drug-likeness (QED) is 0.685. The zero-order chi connectivity index (χ0) is 12.4. The maximum atomic E-state index is 6.27. The van der Waals surface area contributed by atoms with Gasteiger partial charge in [0.1, 0.15) is 11.4 Å². The summed E-state index contributed by atoms with van der Waals surface area (Å²) >= 11 is 0. The molecule has 0 aliphatic carbocycles. The molecule has 0 atom stereocenters. The van der Waals surface area contributed by atoms with Crippen LogP contribution >= 0.6 is 8.02 Å². The molecule has 0 N–H and O–H groups in total. The van der Waals surface area contributed by atoms with Crippen LogP contribution in [0.3, 0.4) is 0 Å². The lowest BCUT2D eigenvalue weighted by atomic mass is 10.3. The fourth-order valence-electron chi connectivity index (χ4n) is 3.05. The van der Waals surface area contributed by atoms with Crippen molar-refractivity contribution in [2.75, 3.05) is 22.4 Å². The number of rotatable bonds is 0. The molecule has 2 aromatic carbocycles. The average molecular weight is 271 g/mol. The van der Waals surface area contributed by atoms with Crippen LogP contribution in [-0.2, 0) is 0 Å². The van der Waals surface area contributed by atoms with Crippen molar-refractivity contribution in [3.05, 3.63) is 48.5 Å². The minimum Gasteiger partial charge on any atom is -0.262 e. The first-order chi connectivity index (χ1) is 9.38. The molecule has 3 aliphatic rings. The van der Waals surface area contributed by atoms with Crippen molar-refractivity contribution in [2.24, 2.45) is 0 Å². The second-order valence-electron chi connectivity index (χ2n) is 4.85. The lowest BCUT2D eigenvalue weighted by Gasteiger charge is -2.18. The highest BCUT2D eigenvalue weighted by molar-refractivity contribution is 7.71. The van der Waals surface area contributed by atoms with Crippen LogP contribution in [0, 0.1) is 0 Å². The van der Waals surface area contributed by atoms with Crippen molar-refractivity contribution in [1.82, 2.24) is 0 Å². The van der Waals surface area contributed by atoms with Crippen LogP contribution in [0.4, 0.5) is 11.4 Å². The standard InChI is InChI=1S/C14H12N2O2P/c1-3-7-13-11(5-1)15-9-10-16-12-6-2-4-8-14(12)18-19(15,16)17-13/h1-8H,9-10H2/q+1. The van der Waals surface area contributed by atoms with Crippen molar-refractivity contribution in [1.29, 1.82) is 0 Å². The van der Waals surface area contributed by atoms with E-state index in [-0.39, 0.29) is 0 Å². The van der Waals surface area contributed by atoms with Crippen LogP contribution in [0.2, 0.25) is 0 Å². The van der Waals surface area contributed by atoms with E-state index in [4.69, 9.17) is 9.05 Å². The molecule has 94 valence electrons. The Balaban J connectivity index is 1.70. The molecule has 0 bridgehead atoms. The maximum absolute atomic E-state index is 6.27. The predicted molar refractivity (Wildman–Crippen MR) is 75.8 cm³/mol. The zero-order valence-electron chi connectivity index (χ0n) is 10.2. The SMILES string of the molecule is c1ccc2c(c1)O[P+]13Oc4ccccc4N1CCN23. The van der Waals surface area contributed by atoms with Crippen LogP contribution < -0.4 is 18.4 Å². The largest absolute Gasteiger partial charge is 0.577 e. The predicted octanol–water partition coefficient (Wildman–Crippen LogP) is 3.48. The Morgan fingerprint density at radius 1 is 0.737 bits per heavy atom. The van der Waals surface area contributed by atoms with Gasteiger partial charge in [0.25, 0.3) is 0 Å². The molecule has 0 unspecified atom stereocenters. The van der Waals surface area contributed by atoms with Crippen LogP contribution in [0.25, 0.3) is 0 Å². The molecule has 2 aromatic rings. The number of hydrogen-bond acceptors (Lipinski definition) is 4. The maximum Gasteiger partial charge on any atom is 0.577 e. The average Bonchev–Trinajstić information content (AvgIpc) is 3.01. The van der Waals surface area contributed by atoms with Gasteiger partial charge in [-0.1, -0.05) is 24.3 Å². The lowest BCUT2D eigenvalue weighted by Crippen LogP contribution is -2.23. The highest BCUT2D eigenvalue weighted by atomic mass is 31.2. The fraction of sp³-hybridized carbons (Fsp3) is 0.143. The molecule has 1 fully saturated rings. The van der Waals surface area contributed by atoms with Gasteiger partial charge in [-0.25, -0.2) is 0 Å². The topological polar surface area (TPSA) is 24.9 Å². The van der Waals surface area contributed by atoms with Crippen molar-refractivity contribution >= 4 is 19.4 Å². The first kappa shape index (κ1) is 9.93. The molecule has 19 heavy (non-hydrogen) atoms. The smallest absolute Gasteiger partial charge is 0.262 e. The minimum atomic E-state index is -2.17. The Bertz CT molecular complexity index is 631. The summed E-state index contributed by atoms with van der Waals surface area (Å²) in [6.45, 7) is 1.91. The third-order valence-electron chi connectivity index (χ3n) is 3.85. The number of benzene rings is 2. The first-order valence-electron chi connectivity index (χ1n) is 6.41. The van der Waals surface area contributed by atoms with Crippen LogP contribution in [0.1, 0.15) is 0 Å². The van der Waals surface area contributed by atoms with E-state index in [0.717, 1.165) is 36.0 Å². The summed E-state index contributed by atoms with van der Waals surface area (Å²) < 4.78 is 17.1. The molecular weight excluding hydrogens is 259 g/mol. The van der Waals surface area contributed by atoms with Gasteiger partial charge in [0, 0.05) is 0 Å². The van der Waals surface area contributed by atoms with Gasteiger partial charge in [0.2, 0.25) is 11.5 Å². The molecule has 0 saturated carbocycles. The van der Waals surface area contributed by atoms with E-state index in [9.17, 15) is 0 Å². The van der Waals surface area contributed by atoms with E-state index in [0.29, 0.717) is 0 Å². The van der Waals surface area contributed by atoms with Gasteiger partial charge in [-0.15, -0.1) is 0 Å². The summed E-state index contributed by atoms with van der Waals surface area (Å²) in [4.78, 5) is 0. The third kappa shape index (κ3) is 1.05. The first-order valence-corrected chi connectivity index (χ1v) is 7.94. The van der Waals surface area contributed by atoms with Crippen LogP contribution in [-0.4, -0.2) is 13.1 Å². The molecule has 5 heteroatoms. The molecule has 4 nitrogen and oxygen atoms in total. The summed E-state index contributed by atoms with van der Waals surface area (Å²) in [6.07, 6.45) is 0.